The molecule has 2 fully saturated rings. The van der Waals surface area contributed by atoms with E-state index in [0.717, 1.165) is 59.9 Å². The van der Waals surface area contributed by atoms with Crippen LogP contribution >= 0.6 is 11.8 Å². The topological polar surface area (TPSA) is 105 Å². The molecule has 1 aromatic carbocycles. The van der Waals surface area contributed by atoms with E-state index >= 15 is 0 Å². The van der Waals surface area contributed by atoms with E-state index in [1.165, 1.54) is 18.4 Å². The van der Waals surface area contributed by atoms with E-state index in [1.807, 2.05) is 40.0 Å². The minimum atomic E-state index is -0.669. The lowest BCUT2D eigenvalue weighted by Gasteiger charge is -2.45. The van der Waals surface area contributed by atoms with E-state index in [9.17, 15) is 9.59 Å². The Hall–Kier alpha value is -3.44. The summed E-state index contributed by atoms with van der Waals surface area (Å²) in [5.41, 5.74) is 2.74. The number of thioether (sulfide) groups is 1. The number of likely N-dealkylation sites (tertiary alicyclic amines) is 1. The summed E-state index contributed by atoms with van der Waals surface area (Å²) in [6.07, 6.45) is 7.39. The number of aryl methyl sites for hydroxylation is 1. The molecule has 1 atom stereocenters. The molecule has 4 heterocycles. The number of amides is 2. The summed E-state index contributed by atoms with van der Waals surface area (Å²) >= 11 is 1.68. The highest BCUT2D eigenvalue weighted by molar-refractivity contribution is 7.98. The van der Waals surface area contributed by atoms with Crippen LogP contribution in [0.5, 0.6) is 0 Å². The average molecular weight is 632 g/mol. The van der Waals surface area contributed by atoms with Crippen LogP contribution < -0.4 is 10.2 Å². The molecule has 0 unspecified atom stereocenters. The molecule has 3 aliphatic rings. The fourth-order valence-electron chi connectivity index (χ4n) is 7.22. The molecule has 11 heteroatoms. The van der Waals surface area contributed by atoms with E-state index in [4.69, 9.17) is 14.8 Å². The van der Waals surface area contributed by atoms with Crippen LogP contribution in [0.2, 0.25) is 0 Å². The molecule has 45 heavy (non-hydrogen) atoms. The summed E-state index contributed by atoms with van der Waals surface area (Å²) in [5.74, 6) is 2.66. The Bertz CT molecular complexity index is 1610. The number of hydrogen-bond acceptors (Lipinski definition) is 8. The molecule has 1 aliphatic carbocycles. The van der Waals surface area contributed by atoms with Crippen LogP contribution in [0.4, 0.5) is 16.4 Å². The van der Waals surface area contributed by atoms with E-state index in [2.05, 4.69) is 47.4 Å². The fourth-order valence-corrected chi connectivity index (χ4v) is 7.91. The summed E-state index contributed by atoms with van der Waals surface area (Å²) in [6.45, 7) is 13.4. The normalized spacial score (nSPS) is 23.5. The second kappa shape index (κ2) is 12.1. The van der Waals surface area contributed by atoms with Crippen LogP contribution in [0.25, 0.3) is 0 Å². The first-order valence-electron chi connectivity index (χ1n) is 16.0. The Balaban J connectivity index is 1.37. The Morgan fingerprint density at radius 2 is 1.93 bits per heavy atom. The predicted octanol–water partition coefficient (Wildman–Crippen LogP) is 6.39. The molecular weight excluding hydrogens is 586 g/mol. The number of fused-ring (bicyclic) bond motifs is 1. The standard InChI is InChI=1S/C34H45N7O3S/c1-21-9-8-10-40(17-21)18-23-11-25-26(27(12-23)45-7)19-41(30(25)42)29-14-24(13-28(36-29)37-32(43)44-33(3,4)5)34(15-22(2)16-34)31-35-20-39(6)38-31/h11-14,20-22H,8-10,15-19H2,1-7H3,(H,36,37,43)/t21-,22?,34?/m0/s1. The van der Waals surface area contributed by atoms with E-state index in [1.54, 1.807) is 27.7 Å². The maximum Gasteiger partial charge on any atom is 0.413 e. The van der Waals surface area contributed by atoms with E-state index < -0.39 is 17.1 Å². The van der Waals surface area contributed by atoms with Gasteiger partial charge >= 0.3 is 6.09 Å². The maximum atomic E-state index is 14.2. The summed E-state index contributed by atoms with van der Waals surface area (Å²) < 4.78 is 7.27. The highest BCUT2D eigenvalue weighted by Gasteiger charge is 2.48. The van der Waals surface area contributed by atoms with Gasteiger partial charge in [0.25, 0.3) is 5.91 Å². The van der Waals surface area contributed by atoms with Crippen molar-refractivity contribution in [3.63, 3.8) is 0 Å². The minimum Gasteiger partial charge on any atom is -0.444 e. The van der Waals surface area contributed by atoms with Crippen molar-refractivity contribution < 1.29 is 14.3 Å². The van der Waals surface area contributed by atoms with Crippen molar-refractivity contribution in [2.24, 2.45) is 18.9 Å². The van der Waals surface area contributed by atoms with Crippen molar-refractivity contribution >= 4 is 35.4 Å². The molecule has 2 aromatic heterocycles. The Morgan fingerprint density at radius 3 is 2.58 bits per heavy atom. The second-order valence-corrected chi connectivity index (χ2v) is 15.1. The minimum absolute atomic E-state index is 0.0750. The Morgan fingerprint density at radius 1 is 1.16 bits per heavy atom. The lowest BCUT2D eigenvalue weighted by molar-refractivity contribution is 0.0635. The van der Waals surface area contributed by atoms with Gasteiger partial charge in [-0.05, 0) is 112 Å². The molecular formula is C34H45N7O3S. The lowest BCUT2D eigenvalue weighted by atomic mass is 9.59. The van der Waals surface area contributed by atoms with Crippen molar-refractivity contribution in [1.82, 2.24) is 24.6 Å². The third-order valence-electron chi connectivity index (χ3n) is 9.12. The molecule has 10 nitrogen and oxygen atoms in total. The number of benzene rings is 1. The first-order chi connectivity index (χ1) is 21.3. The zero-order chi connectivity index (χ0) is 32.1. The molecule has 1 saturated heterocycles. The predicted molar refractivity (Wildman–Crippen MR) is 177 cm³/mol. The van der Waals surface area contributed by atoms with Crippen molar-refractivity contribution in [2.45, 2.75) is 89.3 Å². The Labute approximate surface area is 270 Å². The number of piperidine rings is 1. The van der Waals surface area contributed by atoms with Gasteiger partial charge in [-0.15, -0.1) is 11.8 Å². The smallest absolute Gasteiger partial charge is 0.413 e. The number of aromatic nitrogens is 4. The van der Waals surface area contributed by atoms with Gasteiger partial charge in [-0.3, -0.25) is 24.6 Å². The zero-order valence-electron chi connectivity index (χ0n) is 27.5. The average Bonchev–Trinajstić information content (AvgIpc) is 3.52. The largest absolute Gasteiger partial charge is 0.444 e. The zero-order valence-corrected chi connectivity index (χ0v) is 28.3. The van der Waals surface area contributed by atoms with Crippen LogP contribution in [0, 0.1) is 11.8 Å². The number of carbonyl (C=O) groups excluding carboxylic acids is 2. The van der Waals surface area contributed by atoms with Crippen LogP contribution in [-0.4, -0.2) is 61.6 Å². The van der Waals surface area contributed by atoms with Crippen molar-refractivity contribution in [1.29, 1.82) is 0 Å². The molecule has 0 bridgehead atoms. The first kappa shape index (κ1) is 31.5. The molecule has 1 saturated carbocycles. The molecule has 240 valence electrons. The molecule has 1 N–H and O–H groups in total. The van der Waals surface area contributed by atoms with Crippen molar-refractivity contribution in [3.05, 3.63) is 58.7 Å². The highest BCUT2D eigenvalue weighted by Crippen LogP contribution is 2.52. The number of pyridine rings is 1. The van der Waals surface area contributed by atoms with Gasteiger partial charge in [0, 0.05) is 30.6 Å². The maximum absolute atomic E-state index is 14.2. The van der Waals surface area contributed by atoms with Gasteiger partial charge in [-0.2, -0.15) is 5.10 Å². The number of ether oxygens (including phenoxy) is 1. The van der Waals surface area contributed by atoms with Crippen LogP contribution in [0.3, 0.4) is 0 Å². The molecule has 0 radical (unpaired) electrons. The number of rotatable bonds is 7. The molecule has 2 amide bonds. The van der Waals surface area contributed by atoms with Gasteiger partial charge in [-0.1, -0.05) is 13.8 Å². The third-order valence-corrected chi connectivity index (χ3v) is 9.92. The summed E-state index contributed by atoms with van der Waals surface area (Å²) in [7, 11) is 1.86. The van der Waals surface area contributed by atoms with Gasteiger partial charge in [0.1, 0.15) is 23.6 Å². The SMILES string of the molecule is CSc1cc(CN2CCC[C@H](C)C2)cc2c1CN(c1cc(C3(c4ncn(C)n4)CC(C)C3)cc(NC(=O)OC(C)(C)C)n1)C2=O. The first-order valence-corrected chi connectivity index (χ1v) is 17.2. The van der Waals surface area contributed by atoms with Crippen LogP contribution in [0.1, 0.15) is 93.2 Å². The third kappa shape index (κ3) is 6.47. The molecule has 6 rings (SSSR count). The Kier molecular flexibility index (Phi) is 8.45. The molecule has 0 spiro atoms. The van der Waals surface area contributed by atoms with Gasteiger partial charge in [0.15, 0.2) is 5.82 Å². The van der Waals surface area contributed by atoms with Gasteiger partial charge < -0.3 is 4.74 Å². The van der Waals surface area contributed by atoms with Crippen molar-refractivity contribution in [3.8, 4) is 0 Å². The van der Waals surface area contributed by atoms with Gasteiger partial charge in [0.05, 0.1) is 12.0 Å². The fraction of sp³-hybridized carbons (Fsp3) is 0.559. The van der Waals surface area contributed by atoms with Gasteiger partial charge in [0.2, 0.25) is 0 Å². The summed E-state index contributed by atoms with van der Waals surface area (Å²) in [5, 5.41) is 7.54. The number of hydrogen-bond donors (Lipinski definition) is 1. The summed E-state index contributed by atoms with van der Waals surface area (Å²) in [4.78, 5) is 41.9. The second-order valence-electron chi connectivity index (χ2n) is 14.3. The number of carbonyl (C=O) groups is 2. The summed E-state index contributed by atoms with van der Waals surface area (Å²) in [6, 6.07) is 8.19. The monoisotopic (exact) mass is 631 g/mol. The van der Waals surface area contributed by atoms with E-state index in [-0.39, 0.29) is 5.91 Å². The molecule has 3 aromatic rings. The van der Waals surface area contributed by atoms with E-state index in [0.29, 0.717) is 30.0 Å². The van der Waals surface area contributed by atoms with Crippen molar-refractivity contribution in [2.75, 3.05) is 29.6 Å². The molecule has 2 aliphatic heterocycles. The number of nitrogens with zero attached hydrogens (tertiary/aromatic N) is 6. The highest BCUT2D eigenvalue weighted by atomic mass is 32.2. The van der Waals surface area contributed by atoms with Gasteiger partial charge in [-0.25, -0.2) is 14.8 Å². The number of anilines is 2. The van der Waals surface area contributed by atoms with Crippen LogP contribution in [-0.2, 0) is 30.3 Å². The number of nitrogens with one attached hydrogen (secondary N) is 1. The van der Waals surface area contributed by atoms with Crippen LogP contribution in [0.15, 0.2) is 35.5 Å². The lowest BCUT2D eigenvalue weighted by Crippen LogP contribution is -2.42. The quantitative estimate of drug-likeness (QED) is 0.299.